The number of carbonyl (C=O) groups excluding carboxylic acids is 4. The number of aromatic nitrogens is 2. The van der Waals surface area contributed by atoms with E-state index in [1.54, 1.807) is 0 Å². The lowest BCUT2D eigenvalue weighted by atomic mass is 10.1. The maximum Gasteiger partial charge on any atom is 0.327 e. The van der Waals surface area contributed by atoms with Crippen molar-refractivity contribution in [3.63, 3.8) is 0 Å². The second kappa shape index (κ2) is 13.4. The Morgan fingerprint density at radius 2 is 1.76 bits per heavy atom. The molecule has 1 heterocycles. The van der Waals surface area contributed by atoms with E-state index >= 15 is 0 Å². The fraction of sp³-hybridized carbons (Fsp3) is 0.556. The van der Waals surface area contributed by atoms with Crippen LogP contribution in [0.3, 0.4) is 0 Å². The van der Waals surface area contributed by atoms with Crippen molar-refractivity contribution in [1.29, 1.82) is 0 Å². The van der Waals surface area contributed by atoms with E-state index in [1.807, 2.05) is 0 Å². The lowest BCUT2D eigenvalue weighted by molar-refractivity contribution is -0.142. The molecule has 10 N–H and O–H groups in total. The number of imidazole rings is 1. The largest absolute Gasteiger partial charge is 0.480 e. The molecule has 0 spiro atoms. The number of aliphatic hydroxyl groups excluding tert-OH is 1. The molecule has 5 atom stereocenters. The first-order valence-electron chi connectivity index (χ1n) is 9.90. The molecule has 0 bridgehead atoms. The number of carboxylic acids is 1. The first kappa shape index (κ1) is 27.9. The lowest BCUT2D eigenvalue weighted by Crippen LogP contribution is -2.60. The Hall–Kier alpha value is -3.17. The Labute approximate surface area is 194 Å². The van der Waals surface area contributed by atoms with Crippen LogP contribution in [0.15, 0.2) is 12.5 Å². The van der Waals surface area contributed by atoms with Crippen molar-refractivity contribution in [3.8, 4) is 0 Å². The summed E-state index contributed by atoms with van der Waals surface area (Å²) in [5, 5.41) is 25.8. The van der Waals surface area contributed by atoms with E-state index in [4.69, 9.17) is 16.6 Å². The molecule has 1 rings (SSSR count). The number of nitrogens with zero attached hydrogens (tertiary/aromatic N) is 1. The van der Waals surface area contributed by atoms with E-state index in [0.717, 1.165) is 0 Å². The molecule has 0 fully saturated rings. The van der Waals surface area contributed by atoms with Crippen LogP contribution in [0.25, 0.3) is 0 Å². The number of carboxylic acid groups (broad SMARTS) is 1. The van der Waals surface area contributed by atoms with E-state index < -0.39 is 59.9 Å². The Kier molecular flexibility index (Phi) is 11.3. The molecule has 33 heavy (non-hydrogen) atoms. The first-order valence-corrected chi connectivity index (χ1v) is 10.5. The number of thiol groups is 1. The monoisotopic (exact) mass is 487 g/mol. The van der Waals surface area contributed by atoms with Crippen LogP contribution < -0.4 is 27.4 Å². The van der Waals surface area contributed by atoms with Crippen LogP contribution in [0.1, 0.15) is 25.5 Å². The highest BCUT2D eigenvalue weighted by Gasteiger charge is 2.32. The van der Waals surface area contributed by atoms with Gasteiger partial charge < -0.3 is 42.6 Å². The van der Waals surface area contributed by atoms with Crippen LogP contribution in [0, 0.1) is 0 Å². The molecule has 0 saturated carbocycles. The predicted octanol–water partition coefficient (Wildman–Crippen LogP) is -3.61. The normalized spacial score (nSPS) is 15.4. The summed E-state index contributed by atoms with van der Waals surface area (Å²) in [5.41, 5.74) is 11.6. The number of primary amides is 1. The molecule has 4 amide bonds. The van der Waals surface area contributed by atoms with Crippen LogP contribution in [-0.4, -0.2) is 85.8 Å². The Morgan fingerprint density at radius 3 is 2.24 bits per heavy atom. The minimum atomic E-state index is -1.55. The van der Waals surface area contributed by atoms with Crippen LogP contribution >= 0.6 is 12.6 Å². The van der Waals surface area contributed by atoms with Gasteiger partial charge in [-0.05, 0) is 13.3 Å². The minimum absolute atomic E-state index is 0.0923. The molecule has 1 aromatic rings. The highest BCUT2D eigenvalue weighted by Crippen LogP contribution is 2.04. The van der Waals surface area contributed by atoms with Crippen LogP contribution in [-0.2, 0) is 30.4 Å². The minimum Gasteiger partial charge on any atom is -0.480 e. The summed E-state index contributed by atoms with van der Waals surface area (Å²) >= 11 is 3.83. The standard InChI is InChI=1S/C18H29N7O7S/c1-8(26)14(17(30)24-12(6-33)18(31)32)25-16(29)11(2-3-13(20)27)23-15(28)10(19)4-9-5-21-7-22-9/h5,7-8,10-12,14,26,33H,2-4,6,19H2,1H3,(H2,20,27)(H,21,22)(H,23,28)(H,24,30)(H,25,29)(H,31,32). The van der Waals surface area contributed by atoms with E-state index in [9.17, 15) is 29.1 Å². The van der Waals surface area contributed by atoms with Crippen LogP contribution in [0.5, 0.6) is 0 Å². The van der Waals surface area contributed by atoms with Gasteiger partial charge >= 0.3 is 5.97 Å². The summed E-state index contributed by atoms with van der Waals surface area (Å²) < 4.78 is 0. The maximum absolute atomic E-state index is 12.8. The summed E-state index contributed by atoms with van der Waals surface area (Å²) in [6.07, 6.45) is 1.10. The third-order valence-corrected chi connectivity index (χ3v) is 4.87. The van der Waals surface area contributed by atoms with Crippen molar-refractivity contribution in [2.24, 2.45) is 11.5 Å². The summed E-state index contributed by atoms with van der Waals surface area (Å²) in [4.78, 5) is 66.6. The van der Waals surface area contributed by atoms with E-state index in [-0.39, 0.29) is 25.0 Å². The third-order valence-electron chi connectivity index (χ3n) is 4.50. The van der Waals surface area contributed by atoms with Crippen molar-refractivity contribution in [3.05, 3.63) is 18.2 Å². The Bertz CT molecular complexity index is 834. The van der Waals surface area contributed by atoms with Gasteiger partial charge in [0.2, 0.25) is 23.6 Å². The SMILES string of the molecule is CC(O)C(NC(=O)C(CCC(N)=O)NC(=O)C(N)Cc1cnc[nH]1)C(=O)NC(CS)C(=O)O. The summed E-state index contributed by atoms with van der Waals surface area (Å²) in [5.74, 6) is -4.91. The van der Waals surface area contributed by atoms with E-state index in [1.165, 1.54) is 19.4 Å². The number of rotatable bonds is 14. The zero-order valence-electron chi connectivity index (χ0n) is 17.9. The van der Waals surface area contributed by atoms with Crippen molar-refractivity contribution >= 4 is 42.2 Å². The zero-order valence-corrected chi connectivity index (χ0v) is 18.7. The Morgan fingerprint density at radius 1 is 1.12 bits per heavy atom. The van der Waals surface area contributed by atoms with Gasteiger partial charge in [-0.1, -0.05) is 0 Å². The molecular formula is C18H29N7O7S. The van der Waals surface area contributed by atoms with Gasteiger partial charge in [0.05, 0.1) is 18.5 Å². The summed E-state index contributed by atoms with van der Waals surface area (Å²) in [6, 6.07) is -5.28. The average molecular weight is 488 g/mol. The van der Waals surface area contributed by atoms with Gasteiger partial charge in [-0.25, -0.2) is 9.78 Å². The lowest BCUT2D eigenvalue weighted by Gasteiger charge is -2.26. The number of hydrogen-bond acceptors (Lipinski definition) is 9. The number of nitrogens with one attached hydrogen (secondary N) is 4. The molecule has 0 radical (unpaired) electrons. The van der Waals surface area contributed by atoms with Gasteiger partial charge in [0.1, 0.15) is 18.1 Å². The number of aliphatic carboxylic acids is 1. The van der Waals surface area contributed by atoms with Gasteiger partial charge in [0.15, 0.2) is 0 Å². The topological polar surface area (TPSA) is 243 Å². The molecule has 15 heteroatoms. The van der Waals surface area contributed by atoms with Crippen molar-refractivity contribution < 1.29 is 34.2 Å². The molecule has 184 valence electrons. The maximum atomic E-state index is 12.8. The fourth-order valence-corrected chi connectivity index (χ4v) is 2.91. The molecule has 0 aliphatic heterocycles. The number of hydrogen-bond donors (Lipinski definition) is 9. The van der Waals surface area contributed by atoms with Gasteiger partial charge in [0, 0.05) is 30.5 Å². The van der Waals surface area contributed by atoms with Crippen molar-refractivity contribution in [2.45, 2.75) is 56.5 Å². The van der Waals surface area contributed by atoms with Gasteiger partial charge in [-0.3, -0.25) is 19.2 Å². The molecule has 0 aliphatic carbocycles. The number of aliphatic hydroxyl groups is 1. The highest BCUT2D eigenvalue weighted by molar-refractivity contribution is 7.80. The number of carbonyl (C=O) groups is 5. The first-order chi connectivity index (χ1) is 15.5. The average Bonchev–Trinajstić information content (AvgIpc) is 3.24. The molecule has 0 aliphatic rings. The van der Waals surface area contributed by atoms with Crippen LogP contribution in [0.4, 0.5) is 0 Å². The molecule has 5 unspecified atom stereocenters. The molecular weight excluding hydrogens is 458 g/mol. The predicted molar refractivity (Wildman–Crippen MR) is 118 cm³/mol. The van der Waals surface area contributed by atoms with Crippen molar-refractivity contribution in [1.82, 2.24) is 25.9 Å². The molecule has 0 saturated heterocycles. The zero-order chi connectivity index (χ0) is 25.1. The third kappa shape index (κ3) is 9.46. The van der Waals surface area contributed by atoms with Gasteiger partial charge in [0.25, 0.3) is 0 Å². The van der Waals surface area contributed by atoms with Gasteiger partial charge in [-0.2, -0.15) is 12.6 Å². The van der Waals surface area contributed by atoms with E-state index in [0.29, 0.717) is 5.69 Å². The summed E-state index contributed by atoms with van der Waals surface area (Å²) in [6.45, 7) is 1.21. The van der Waals surface area contributed by atoms with Gasteiger partial charge in [-0.15, -0.1) is 0 Å². The molecule has 0 aromatic carbocycles. The highest BCUT2D eigenvalue weighted by atomic mass is 32.1. The van der Waals surface area contributed by atoms with E-state index in [2.05, 4.69) is 38.5 Å². The molecule has 1 aromatic heterocycles. The number of nitrogens with two attached hydrogens (primary N) is 2. The van der Waals surface area contributed by atoms with Crippen LogP contribution in [0.2, 0.25) is 0 Å². The number of H-pyrrole nitrogens is 1. The smallest absolute Gasteiger partial charge is 0.327 e. The summed E-state index contributed by atoms with van der Waals surface area (Å²) in [7, 11) is 0. The second-order valence-electron chi connectivity index (χ2n) is 7.26. The van der Waals surface area contributed by atoms with Crippen molar-refractivity contribution in [2.75, 3.05) is 5.75 Å². The number of aromatic amines is 1. The molecule has 14 nitrogen and oxygen atoms in total. The number of amides is 4. The second-order valence-corrected chi connectivity index (χ2v) is 7.63. The quantitative estimate of drug-likeness (QED) is 0.117. The fourth-order valence-electron chi connectivity index (χ4n) is 2.67. The Balaban J connectivity index is 2.91.